The molecular weight excluding hydrogens is 394 g/mol. The van der Waals surface area contributed by atoms with E-state index in [0.29, 0.717) is 5.71 Å². The van der Waals surface area contributed by atoms with Crippen molar-refractivity contribution in [1.82, 2.24) is 14.5 Å². The lowest BCUT2D eigenvalue weighted by atomic mass is 10.0. The number of hydrogen-bond acceptors (Lipinski definition) is 3. The quantitative estimate of drug-likeness (QED) is 0.298. The van der Waals surface area contributed by atoms with E-state index in [1.54, 1.807) is 0 Å². The molecule has 0 atom stereocenters. The molecule has 4 nitrogen and oxygen atoms in total. The molecule has 0 spiro atoms. The molecule has 6 rings (SSSR count). The topological polar surface area (TPSA) is 43.9 Å². The number of aryl methyl sites for hydroxylation is 1. The minimum absolute atomic E-state index is 0.253. The Balaban J connectivity index is 1.57. The second-order valence-electron chi connectivity index (χ2n) is 8.45. The summed E-state index contributed by atoms with van der Waals surface area (Å²) in [7, 11) is 0. The second kappa shape index (κ2) is 7.06. The average Bonchev–Trinajstić information content (AvgIpc) is 3.42. The molecule has 0 aliphatic carbocycles. The average molecular weight is 419 g/mol. The maximum atomic E-state index is 7.53. The predicted octanol–water partition coefficient (Wildman–Crippen LogP) is 7.55. The van der Waals surface area contributed by atoms with E-state index in [-0.39, 0.29) is 12.9 Å². The van der Waals surface area contributed by atoms with Gasteiger partial charge in [0, 0.05) is 29.9 Å². The molecule has 156 valence electrons. The number of aromatic nitrogens is 3. The van der Waals surface area contributed by atoms with Gasteiger partial charge in [0.1, 0.15) is 11.4 Å². The Bertz CT molecular complexity index is 1630. The highest BCUT2D eigenvalue weighted by Crippen LogP contribution is 2.38. The van der Waals surface area contributed by atoms with Gasteiger partial charge in [0.25, 0.3) is 0 Å². The smallest absolute Gasteiger partial charge is 0.227 e. The molecule has 0 aliphatic heterocycles. The highest BCUT2D eigenvalue weighted by molar-refractivity contribution is 6.09. The maximum absolute atomic E-state index is 7.53. The second-order valence-corrected chi connectivity index (χ2v) is 8.45. The fourth-order valence-electron chi connectivity index (χ4n) is 4.47. The van der Waals surface area contributed by atoms with Gasteiger partial charge in [-0.25, -0.2) is 9.97 Å². The first kappa shape index (κ1) is 17.7. The largest absolute Gasteiger partial charge is 0.437 e. The zero-order valence-electron chi connectivity index (χ0n) is 19.0. The van der Waals surface area contributed by atoms with Gasteiger partial charge in [0.2, 0.25) is 5.71 Å². The first-order valence-electron chi connectivity index (χ1n) is 11.5. The van der Waals surface area contributed by atoms with Crippen molar-refractivity contribution < 1.29 is 5.79 Å². The van der Waals surface area contributed by atoms with Gasteiger partial charge in [0.15, 0.2) is 0 Å². The minimum Gasteiger partial charge on any atom is -0.437 e. The van der Waals surface area contributed by atoms with Crippen molar-refractivity contribution in [3.8, 4) is 22.5 Å². The van der Waals surface area contributed by atoms with E-state index in [9.17, 15) is 0 Å². The van der Waals surface area contributed by atoms with Crippen molar-refractivity contribution in [2.75, 3.05) is 0 Å². The van der Waals surface area contributed by atoms with E-state index in [1.807, 2.05) is 36.5 Å². The lowest BCUT2D eigenvalue weighted by Crippen LogP contribution is -2.03. The zero-order chi connectivity index (χ0) is 22.5. The van der Waals surface area contributed by atoms with Crippen LogP contribution in [0.25, 0.3) is 55.6 Å². The Morgan fingerprint density at radius 2 is 1.75 bits per heavy atom. The third-order valence-corrected chi connectivity index (χ3v) is 6.00. The molecule has 0 N–H and O–H groups in total. The number of para-hydroxylation sites is 3. The molecule has 3 aromatic carbocycles. The molecular formula is C28H23N3O. The summed E-state index contributed by atoms with van der Waals surface area (Å²) in [5.41, 5.74) is 7.60. The SMILES string of the molecule is [2H]Cc1ccc(-c2cnc3oc4c(-c5nc6ccccc6n5C(C)C)cccc4c3c2)cc1. The monoisotopic (exact) mass is 418 g/mol. The van der Waals surface area contributed by atoms with Crippen molar-refractivity contribution in [1.29, 1.82) is 0 Å². The Morgan fingerprint density at radius 3 is 2.56 bits per heavy atom. The molecule has 4 heteroatoms. The Labute approximate surface area is 187 Å². The highest BCUT2D eigenvalue weighted by atomic mass is 16.3. The normalized spacial score (nSPS) is 12.3. The van der Waals surface area contributed by atoms with E-state index in [1.165, 1.54) is 0 Å². The lowest BCUT2D eigenvalue weighted by molar-refractivity contribution is 0.621. The summed E-state index contributed by atoms with van der Waals surface area (Å²) in [6.45, 7) is 4.64. The van der Waals surface area contributed by atoms with Gasteiger partial charge >= 0.3 is 0 Å². The fourth-order valence-corrected chi connectivity index (χ4v) is 4.47. The summed E-state index contributed by atoms with van der Waals surface area (Å²) < 4.78 is 16.1. The molecule has 0 unspecified atom stereocenters. The predicted molar refractivity (Wildman–Crippen MR) is 131 cm³/mol. The van der Waals surface area contributed by atoms with Gasteiger partial charge in [-0.3, -0.25) is 0 Å². The first-order valence-corrected chi connectivity index (χ1v) is 10.8. The van der Waals surface area contributed by atoms with Crippen LogP contribution >= 0.6 is 0 Å². The first-order chi connectivity index (χ1) is 16.1. The number of imidazole rings is 1. The van der Waals surface area contributed by atoms with Crippen LogP contribution in [0.2, 0.25) is 0 Å². The van der Waals surface area contributed by atoms with E-state index in [2.05, 4.69) is 65.9 Å². The van der Waals surface area contributed by atoms with Gasteiger partial charge in [0.05, 0.1) is 16.6 Å². The number of fused-ring (bicyclic) bond motifs is 4. The molecule has 0 radical (unpaired) electrons. The fraction of sp³-hybridized carbons (Fsp3) is 0.143. The van der Waals surface area contributed by atoms with E-state index < -0.39 is 0 Å². The lowest BCUT2D eigenvalue weighted by Gasteiger charge is -2.13. The van der Waals surface area contributed by atoms with Crippen LogP contribution in [0.15, 0.2) is 83.4 Å². The third kappa shape index (κ3) is 2.83. The molecule has 0 amide bonds. The molecule has 3 aromatic heterocycles. The van der Waals surface area contributed by atoms with Crippen LogP contribution in [0.4, 0.5) is 0 Å². The van der Waals surface area contributed by atoms with Gasteiger partial charge in [-0.05, 0) is 50.6 Å². The van der Waals surface area contributed by atoms with Crippen molar-refractivity contribution in [2.45, 2.75) is 26.8 Å². The van der Waals surface area contributed by atoms with Gasteiger partial charge < -0.3 is 8.98 Å². The Hall–Kier alpha value is -3.92. The highest BCUT2D eigenvalue weighted by Gasteiger charge is 2.20. The van der Waals surface area contributed by atoms with Crippen LogP contribution < -0.4 is 0 Å². The standard InChI is InChI=1S/C28H23N3O/c1-17(2)31-25-10-5-4-9-24(25)30-27(31)22-8-6-7-21-23-15-20(16-29-28(23)32-26(21)22)19-13-11-18(3)12-14-19/h4-17H,1-3H3/i3D. The summed E-state index contributed by atoms with van der Waals surface area (Å²) in [6, 6.07) is 24.9. The molecule has 6 aromatic rings. The van der Waals surface area contributed by atoms with Gasteiger partial charge in [-0.1, -0.05) is 54.1 Å². The minimum atomic E-state index is 0.253. The van der Waals surface area contributed by atoms with E-state index in [4.69, 9.17) is 10.8 Å². The summed E-state index contributed by atoms with van der Waals surface area (Å²) in [5, 5.41) is 2.02. The summed E-state index contributed by atoms with van der Waals surface area (Å²) >= 11 is 0. The number of pyridine rings is 1. The number of rotatable bonds is 3. The van der Waals surface area contributed by atoms with Crippen molar-refractivity contribution in [2.24, 2.45) is 0 Å². The van der Waals surface area contributed by atoms with Crippen LogP contribution in [0, 0.1) is 6.90 Å². The molecule has 0 saturated heterocycles. The number of hydrogen-bond donors (Lipinski definition) is 0. The zero-order valence-corrected chi connectivity index (χ0v) is 18.0. The van der Waals surface area contributed by atoms with Crippen LogP contribution in [0.1, 0.15) is 26.8 Å². The van der Waals surface area contributed by atoms with Crippen LogP contribution in [0.5, 0.6) is 0 Å². The summed E-state index contributed by atoms with van der Waals surface area (Å²) in [4.78, 5) is 9.61. The Morgan fingerprint density at radius 1 is 0.906 bits per heavy atom. The van der Waals surface area contributed by atoms with Crippen LogP contribution in [-0.4, -0.2) is 14.5 Å². The molecule has 32 heavy (non-hydrogen) atoms. The molecule has 0 saturated carbocycles. The van der Waals surface area contributed by atoms with Crippen molar-refractivity contribution in [3.63, 3.8) is 0 Å². The van der Waals surface area contributed by atoms with E-state index in [0.717, 1.165) is 55.5 Å². The van der Waals surface area contributed by atoms with E-state index >= 15 is 0 Å². The maximum Gasteiger partial charge on any atom is 0.227 e. The molecule has 0 aliphatic rings. The van der Waals surface area contributed by atoms with Gasteiger partial charge in [-0.2, -0.15) is 0 Å². The van der Waals surface area contributed by atoms with Gasteiger partial charge in [-0.15, -0.1) is 0 Å². The molecule has 0 fully saturated rings. The Kier molecular flexibility index (Phi) is 3.91. The third-order valence-electron chi connectivity index (χ3n) is 6.00. The van der Waals surface area contributed by atoms with Crippen LogP contribution in [-0.2, 0) is 0 Å². The van der Waals surface area contributed by atoms with Crippen LogP contribution in [0.3, 0.4) is 0 Å². The molecule has 0 bridgehead atoms. The number of benzene rings is 3. The summed E-state index contributed by atoms with van der Waals surface area (Å²) in [6.07, 6.45) is 1.85. The van der Waals surface area contributed by atoms with Crippen molar-refractivity contribution >= 4 is 33.1 Å². The molecule has 3 heterocycles. The van der Waals surface area contributed by atoms with Crippen molar-refractivity contribution in [3.05, 3.63) is 84.6 Å². The number of furan rings is 1. The number of nitrogens with zero attached hydrogens (tertiary/aromatic N) is 3. The summed E-state index contributed by atoms with van der Waals surface area (Å²) in [5.74, 6) is 0.905.